The predicted octanol–water partition coefficient (Wildman–Crippen LogP) is 3.50. The molecule has 104 valence electrons. The second-order valence-corrected chi connectivity index (χ2v) is 6.63. The lowest BCUT2D eigenvalue weighted by molar-refractivity contribution is -0.163. The van der Waals surface area contributed by atoms with Gasteiger partial charge in [-0.25, -0.2) is 0 Å². The van der Waals surface area contributed by atoms with E-state index >= 15 is 0 Å². The zero-order chi connectivity index (χ0) is 12.4. The molecule has 0 bridgehead atoms. The SMILES string of the molecule is CCC1CCCCC12OCCNC2C1CCCC1. The van der Waals surface area contributed by atoms with Crippen molar-refractivity contribution < 1.29 is 4.74 Å². The molecule has 1 N–H and O–H groups in total. The highest BCUT2D eigenvalue weighted by atomic mass is 16.5. The third-order valence-electron chi connectivity index (χ3n) is 5.79. The molecule has 18 heavy (non-hydrogen) atoms. The highest BCUT2D eigenvalue weighted by Crippen LogP contribution is 2.46. The molecule has 0 aromatic rings. The van der Waals surface area contributed by atoms with Gasteiger partial charge in [0.15, 0.2) is 0 Å². The maximum atomic E-state index is 6.47. The Morgan fingerprint density at radius 2 is 1.89 bits per heavy atom. The van der Waals surface area contributed by atoms with Gasteiger partial charge >= 0.3 is 0 Å². The number of hydrogen-bond donors (Lipinski definition) is 1. The van der Waals surface area contributed by atoms with Crippen LogP contribution < -0.4 is 5.32 Å². The van der Waals surface area contributed by atoms with Gasteiger partial charge < -0.3 is 10.1 Å². The van der Waals surface area contributed by atoms with Crippen molar-refractivity contribution in [3.8, 4) is 0 Å². The van der Waals surface area contributed by atoms with E-state index in [4.69, 9.17) is 4.74 Å². The quantitative estimate of drug-likeness (QED) is 0.811. The summed E-state index contributed by atoms with van der Waals surface area (Å²) in [6.45, 7) is 4.36. The van der Waals surface area contributed by atoms with E-state index in [-0.39, 0.29) is 5.60 Å². The molecule has 1 saturated heterocycles. The van der Waals surface area contributed by atoms with Crippen molar-refractivity contribution in [1.82, 2.24) is 5.32 Å². The van der Waals surface area contributed by atoms with Gasteiger partial charge in [-0.3, -0.25) is 0 Å². The molecule has 3 fully saturated rings. The van der Waals surface area contributed by atoms with Gasteiger partial charge in [0.05, 0.1) is 12.2 Å². The molecule has 0 radical (unpaired) electrons. The molecule has 2 aliphatic carbocycles. The third kappa shape index (κ3) is 2.12. The highest BCUT2D eigenvalue weighted by Gasteiger charge is 2.51. The smallest absolute Gasteiger partial charge is 0.0865 e. The average molecular weight is 251 g/mol. The molecule has 2 heteroatoms. The Kier molecular flexibility index (Phi) is 3.95. The van der Waals surface area contributed by atoms with Gasteiger partial charge in [-0.15, -0.1) is 0 Å². The fourth-order valence-electron chi connectivity index (χ4n) is 4.96. The Labute approximate surface area is 112 Å². The summed E-state index contributed by atoms with van der Waals surface area (Å²) in [5, 5.41) is 3.86. The zero-order valence-corrected chi connectivity index (χ0v) is 11.9. The van der Waals surface area contributed by atoms with Crippen molar-refractivity contribution in [3.05, 3.63) is 0 Å². The summed E-state index contributed by atoms with van der Waals surface area (Å²) >= 11 is 0. The number of morpholine rings is 1. The van der Waals surface area contributed by atoms with Crippen LogP contribution in [0, 0.1) is 11.8 Å². The third-order valence-corrected chi connectivity index (χ3v) is 5.79. The van der Waals surface area contributed by atoms with Gasteiger partial charge in [0.2, 0.25) is 0 Å². The molecule has 3 aliphatic rings. The van der Waals surface area contributed by atoms with E-state index in [1.165, 1.54) is 57.8 Å². The molecule has 1 spiro atoms. The van der Waals surface area contributed by atoms with E-state index in [1.807, 2.05) is 0 Å². The average Bonchev–Trinajstić information content (AvgIpc) is 2.93. The molecule has 0 aromatic carbocycles. The molecular weight excluding hydrogens is 222 g/mol. The lowest BCUT2D eigenvalue weighted by Crippen LogP contribution is -2.64. The van der Waals surface area contributed by atoms with Crippen molar-refractivity contribution in [1.29, 1.82) is 0 Å². The van der Waals surface area contributed by atoms with Crippen molar-refractivity contribution in [2.24, 2.45) is 11.8 Å². The van der Waals surface area contributed by atoms with E-state index in [9.17, 15) is 0 Å². The van der Waals surface area contributed by atoms with Crippen LogP contribution in [0.2, 0.25) is 0 Å². The van der Waals surface area contributed by atoms with Gasteiger partial charge in [-0.2, -0.15) is 0 Å². The van der Waals surface area contributed by atoms with Crippen molar-refractivity contribution in [2.75, 3.05) is 13.2 Å². The minimum Gasteiger partial charge on any atom is -0.372 e. The number of nitrogens with one attached hydrogen (secondary N) is 1. The van der Waals surface area contributed by atoms with Crippen LogP contribution in [0.1, 0.15) is 64.7 Å². The first-order chi connectivity index (χ1) is 8.87. The molecule has 1 heterocycles. The number of rotatable bonds is 2. The van der Waals surface area contributed by atoms with E-state index < -0.39 is 0 Å². The van der Waals surface area contributed by atoms with Crippen molar-refractivity contribution in [2.45, 2.75) is 76.4 Å². The Morgan fingerprint density at radius 1 is 1.11 bits per heavy atom. The Hall–Kier alpha value is -0.0800. The first-order valence-electron chi connectivity index (χ1n) is 8.24. The fraction of sp³-hybridized carbons (Fsp3) is 1.00. The monoisotopic (exact) mass is 251 g/mol. The van der Waals surface area contributed by atoms with E-state index in [0.717, 1.165) is 25.0 Å². The Bertz CT molecular complexity index is 268. The fourth-order valence-corrected chi connectivity index (χ4v) is 4.96. The zero-order valence-electron chi connectivity index (χ0n) is 11.9. The minimum atomic E-state index is 0.195. The molecule has 2 saturated carbocycles. The molecule has 2 nitrogen and oxygen atoms in total. The first kappa shape index (κ1) is 12.9. The summed E-state index contributed by atoms with van der Waals surface area (Å²) in [5.41, 5.74) is 0.195. The Morgan fingerprint density at radius 3 is 2.67 bits per heavy atom. The van der Waals surface area contributed by atoms with Gasteiger partial charge in [0, 0.05) is 12.6 Å². The topological polar surface area (TPSA) is 21.3 Å². The summed E-state index contributed by atoms with van der Waals surface area (Å²) in [6.07, 6.45) is 12.5. The van der Waals surface area contributed by atoms with E-state index in [2.05, 4.69) is 12.2 Å². The normalized spacial score (nSPS) is 42.5. The maximum Gasteiger partial charge on any atom is 0.0865 e. The predicted molar refractivity (Wildman–Crippen MR) is 74.7 cm³/mol. The summed E-state index contributed by atoms with van der Waals surface area (Å²) in [5.74, 6) is 1.68. The largest absolute Gasteiger partial charge is 0.372 e. The van der Waals surface area contributed by atoms with E-state index in [0.29, 0.717) is 6.04 Å². The van der Waals surface area contributed by atoms with Crippen LogP contribution in [-0.2, 0) is 4.74 Å². The van der Waals surface area contributed by atoms with Gasteiger partial charge in [-0.05, 0) is 37.5 Å². The second-order valence-electron chi connectivity index (χ2n) is 6.63. The van der Waals surface area contributed by atoms with Crippen LogP contribution in [-0.4, -0.2) is 24.8 Å². The van der Waals surface area contributed by atoms with Gasteiger partial charge in [-0.1, -0.05) is 39.0 Å². The van der Waals surface area contributed by atoms with Crippen LogP contribution in [0.3, 0.4) is 0 Å². The number of ether oxygens (including phenoxy) is 1. The molecule has 0 amide bonds. The van der Waals surface area contributed by atoms with Crippen LogP contribution in [0.25, 0.3) is 0 Å². The second kappa shape index (κ2) is 5.50. The minimum absolute atomic E-state index is 0.195. The summed E-state index contributed by atoms with van der Waals surface area (Å²) in [6, 6.07) is 0.652. The standard InChI is InChI=1S/C16H29NO/c1-2-14-9-5-6-10-16(14)15(17-11-12-18-16)13-7-3-4-8-13/h13-15,17H,2-12H2,1H3. The lowest BCUT2D eigenvalue weighted by atomic mass is 9.66. The lowest BCUT2D eigenvalue weighted by Gasteiger charge is -2.53. The number of hydrogen-bond acceptors (Lipinski definition) is 2. The van der Waals surface area contributed by atoms with Crippen LogP contribution in [0.4, 0.5) is 0 Å². The van der Waals surface area contributed by atoms with Crippen LogP contribution in [0.5, 0.6) is 0 Å². The molecule has 3 unspecified atom stereocenters. The molecule has 3 atom stereocenters. The molecular formula is C16H29NO. The first-order valence-corrected chi connectivity index (χ1v) is 8.24. The maximum absolute atomic E-state index is 6.47. The molecule has 1 aliphatic heterocycles. The summed E-state index contributed by atoms with van der Waals surface area (Å²) in [4.78, 5) is 0. The highest BCUT2D eigenvalue weighted by molar-refractivity contribution is 5.05. The van der Waals surface area contributed by atoms with Crippen molar-refractivity contribution >= 4 is 0 Å². The van der Waals surface area contributed by atoms with Gasteiger partial charge in [0.1, 0.15) is 0 Å². The van der Waals surface area contributed by atoms with Crippen LogP contribution >= 0.6 is 0 Å². The summed E-state index contributed by atoms with van der Waals surface area (Å²) < 4.78 is 6.47. The van der Waals surface area contributed by atoms with Crippen molar-refractivity contribution in [3.63, 3.8) is 0 Å². The van der Waals surface area contributed by atoms with Gasteiger partial charge in [0.25, 0.3) is 0 Å². The summed E-state index contributed by atoms with van der Waals surface area (Å²) in [7, 11) is 0. The molecule has 0 aromatic heterocycles. The van der Waals surface area contributed by atoms with Crippen LogP contribution in [0.15, 0.2) is 0 Å². The van der Waals surface area contributed by atoms with E-state index in [1.54, 1.807) is 0 Å². The Balaban J connectivity index is 1.83. The molecule has 3 rings (SSSR count).